The largest absolute Gasteiger partial charge is 0.354 e. The average molecular weight is 363 g/mol. The van der Waals surface area contributed by atoms with Crippen molar-refractivity contribution in [1.29, 1.82) is 0 Å². The number of amides is 1. The van der Waals surface area contributed by atoms with Gasteiger partial charge < -0.3 is 15.1 Å². The molecule has 3 aromatic rings. The highest BCUT2D eigenvalue weighted by Crippen LogP contribution is 2.16. The number of aromatic nitrogens is 4. The molecule has 1 amide bonds. The molecule has 27 heavy (non-hydrogen) atoms. The standard InChI is InChI=1S/C19H21N7O/c1-24-9-11-25(12-10-24)18-8-7-15(13-20-18)22-19(27)17-14-21-26(23-17)16-5-3-2-4-6-16/h2-8,13-14H,9-12H2,1H3,(H,22,27). The van der Waals surface area contributed by atoms with Gasteiger partial charge in [0.25, 0.3) is 5.91 Å². The molecule has 1 N–H and O–H groups in total. The van der Waals surface area contributed by atoms with Crippen LogP contribution in [0.2, 0.25) is 0 Å². The Morgan fingerprint density at radius 3 is 2.48 bits per heavy atom. The van der Waals surface area contributed by atoms with Crippen LogP contribution in [0.4, 0.5) is 11.5 Å². The van der Waals surface area contributed by atoms with E-state index in [-0.39, 0.29) is 11.6 Å². The van der Waals surface area contributed by atoms with Gasteiger partial charge in [0.05, 0.1) is 23.8 Å². The van der Waals surface area contributed by atoms with Crippen LogP contribution in [-0.2, 0) is 0 Å². The molecule has 0 atom stereocenters. The normalized spacial score (nSPS) is 14.9. The number of nitrogens with zero attached hydrogens (tertiary/aromatic N) is 6. The summed E-state index contributed by atoms with van der Waals surface area (Å²) in [6.45, 7) is 3.96. The smallest absolute Gasteiger partial charge is 0.277 e. The topological polar surface area (TPSA) is 79.2 Å². The molecule has 0 aliphatic carbocycles. The fraction of sp³-hybridized carbons (Fsp3) is 0.263. The number of benzene rings is 1. The molecule has 0 saturated carbocycles. The summed E-state index contributed by atoms with van der Waals surface area (Å²) < 4.78 is 0. The second kappa shape index (κ2) is 7.55. The number of carbonyl (C=O) groups is 1. The highest BCUT2D eigenvalue weighted by Gasteiger charge is 2.16. The molecular weight excluding hydrogens is 342 g/mol. The first-order chi connectivity index (χ1) is 13.2. The number of hydrogen-bond acceptors (Lipinski definition) is 6. The van der Waals surface area contributed by atoms with E-state index in [1.807, 2.05) is 42.5 Å². The van der Waals surface area contributed by atoms with Crippen LogP contribution in [0.1, 0.15) is 10.5 Å². The minimum atomic E-state index is -0.314. The Kier molecular flexibility index (Phi) is 4.80. The van der Waals surface area contributed by atoms with E-state index in [4.69, 9.17) is 0 Å². The van der Waals surface area contributed by atoms with Crippen molar-refractivity contribution in [3.63, 3.8) is 0 Å². The first kappa shape index (κ1) is 17.2. The van der Waals surface area contributed by atoms with E-state index in [1.54, 1.807) is 6.20 Å². The molecule has 1 aliphatic rings. The summed E-state index contributed by atoms with van der Waals surface area (Å²) in [5.41, 5.74) is 1.68. The molecule has 0 unspecified atom stereocenters. The molecule has 2 aromatic heterocycles. The van der Waals surface area contributed by atoms with Crippen molar-refractivity contribution in [2.45, 2.75) is 0 Å². The number of carbonyl (C=O) groups excluding carboxylic acids is 1. The Labute approximate surface area is 157 Å². The fourth-order valence-electron chi connectivity index (χ4n) is 2.93. The number of para-hydroxylation sites is 1. The molecule has 1 saturated heterocycles. The van der Waals surface area contributed by atoms with Crippen LogP contribution < -0.4 is 10.2 Å². The lowest BCUT2D eigenvalue weighted by molar-refractivity contribution is 0.102. The van der Waals surface area contributed by atoms with E-state index < -0.39 is 0 Å². The molecule has 3 heterocycles. The Morgan fingerprint density at radius 1 is 1.00 bits per heavy atom. The van der Waals surface area contributed by atoms with Crippen molar-refractivity contribution in [3.8, 4) is 5.69 Å². The first-order valence-corrected chi connectivity index (χ1v) is 8.88. The summed E-state index contributed by atoms with van der Waals surface area (Å²) in [6, 6.07) is 13.3. The molecule has 0 radical (unpaired) electrons. The molecule has 0 spiro atoms. The van der Waals surface area contributed by atoms with Crippen molar-refractivity contribution < 1.29 is 4.79 Å². The number of rotatable bonds is 4. The van der Waals surface area contributed by atoms with Gasteiger partial charge in [-0.25, -0.2) is 4.98 Å². The van der Waals surface area contributed by atoms with E-state index in [0.717, 1.165) is 37.7 Å². The maximum Gasteiger partial charge on any atom is 0.277 e. The highest BCUT2D eigenvalue weighted by molar-refractivity contribution is 6.02. The summed E-state index contributed by atoms with van der Waals surface area (Å²) in [4.78, 5) is 22.9. The maximum atomic E-state index is 12.4. The van der Waals surface area contributed by atoms with Gasteiger partial charge in [-0.1, -0.05) is 18.2 Å². The van der Waals surface area contributed by atoms with Crippen LogP contribution in [0.25, 0.3) is 5.69 Å². The van der Waals surface area contributed by atoms with Gasteiger partial charge >= 0.3 is 0 Å². The van der Waals surface area contributed by atoms with Crippen molar-refractivity contribution in [1.82, 2.24) is 24.9 Å². The molecule has 0 bridgehead atoms. The third-order valence-corrected chi connectivity index (χ3v) is 4.54. The Balaban J connectivity index is 1.40. The summed E-state index contributed by atoms with van der Waals surface area (Å²) in [5.74, 6) is 0.613. The SMILES string of the molecule is CN1CCN(c2ccc(NC(=O)c3cnn(-c4ccccc4)n3)cn2)CC1. The van der Waals surface area contributed by atoms with Crippen LogP contribution in [-0.4, -0.2) is 64.0 Å². The molecular formula is C19H21N7O. The third kappa shape index (κ3) is 3.95. The van der Waals surface area contributed by atoms with Gasteiger partial charge in [0.2, 0.25) is 0 Å². The second-order valence-electron chi connectivity index (χ2n) is 6.50. The number of anilines is 2. The van der Waals surface area contributed by atoms with Crippen molar-refractivity contribution in [3.05, 3.63) is 60.6 Å². The third-order valence-electron chi connectivity index (χ3n) is 4.54. The van der Waals surface area contributed by atoms with E-state index in [0.29, 0.717) is 5.69 Å². The predicted molar refractivity (Wildman–Crippen MR) is 103 cm³/mol. The van der Waals surface area contributed by atoms with E-state index in [9.17, 15) is 4.79 Å². The molecule has 1 aromatic carbocycles. The van der Waals surface area contributed by atoms with E-state index >= 15 is 0 Å². The van der Waals surface area contributed by atoms with E-state index in [1.165, 1.54) is 11.0 Å². The number of likely N-dealkylation sites (N-methyl/N-ethyl adjacent to an activating group) is 1. The summed E-state index contributed by atoms with van der Waals surface area (Å²) in [6.07, 6.45) is 3.13. The van der Waals surface area contributed by atoms with Crippen LogP contribution in [0, 0.1) is 0 Å². The lowest BCUT2D eigenvalue weighted by atomic mass is 10.3. The number of nitrogens with one attached hydrogen (secondary N) is 1. The van der Waals surface area contributed by atoms with Gasteiger partial charge in [-0.15, -0.1) is 5.10 Å². The van der Waals surface area contributed by atoms with Gasteiger partial charge in [-0.05, 0) is 31.3 Å². The number of pyridine rings is 1. The monoisotopic (exact) mass is 363 g/mol. The molecule has 1 fully saturated rings. The van der Waals surface area contributed by atoms with Crippen LogP contribution in [0.3, 0.4) is 0 Å². The van der Waals surface area contributed by atoms with Gasteiger partial charge in [0.1, 0.15) is 5.82 Å². The van der Waals surface area contributed by atoms with Crippen molar-refractivity contribution >= 4 is 17.4 Å². The lowest BCUT2D eigenvalue weighted by Crippen LogP contribution is -2.44. The van der Waals surface area contributed by atoms with Gasteiger partial charge in [-0.2, -0.15) is 9.90 Å². The summed E-state index contributed by atoms with van der Waals surface area (Å²) in [5, 5.41) is 11.2. The predicted octanol–water partition coefficient (Wildman–Crippen LogP) is 1.67. The van der Waals surface area contributed by atoms with Crippen LogP contribution in [0.15, 0.2) is 54.9 Å². The number of hydrogen-bond donors (Lipinski definition) is 1. The minimum Gasteiger partial charge on any atom is -0.354 e. The number of piperazine rings is 1. The van der Waals surface area contributed by atoms with Gasteiger partial charge in [0, 0.05) is 26.2 Å². The minimum absolute atomic E-state index is 0.252. The quantitative estimate of drug-likeness (QED) is 0.760. The van der Waals surface area contributed by atoms with Crippen LogP contribution in [0.5, 0.6) is 0 Å². The molecule has 8 heteroatoms. The van der Waals surface area contributed by atoms with Gasteiger partial charge in [0.15, 0.2) is 5.69 Å². The first-order valence-electron chi connectivity index (χ1n) is 8.88. The zero-order valence-corrected chi connectivity index (χ0v) is 15.1. The van der Waals surface area contributed by atoms with Crippen molar-refractivity contribution in [2.75, 3.05) is 43.4 Å². The molecule has 138 valence electrons. The summed E-state index contributed by atoms with van der Waals surface area (Å²) >= 11 is 0. The average Bonchev–Trinajstić information content (AvgIpc) is 3.20. The molecule has 4 rings (SSSR count). The molecule has 8 nitrogen and oxygen atoms in total. The fourth-order valence-corrected chi connectivity index (χ4v) is 2.93. The van der Waals surface area contributed by atoms with Crippen LogP contribution >= 0.6 is 0 Å². The van der Waals surface area contributed by atoms with Gasteiger partial charge in [-0.3, -0.25) is 4.79 Å². The van der Waals surface area contributed by atoms with E-state index in [2.05, 4.69) is 37.3 Å². The second-order valence-corrected chi connectivity index (χ2v) is 6.50. The van der Waals surface area contributed by atoms with Crippen molar-refractivity contribution in [2.24, 2.45) is 0 Å². The zero-order chi connectivity index (χ0) is 18.6. The lowest BCUT2D eigenvalue weighted by Gasteiger charge is -2.33. The highest BCUT2D eigenvalue weighted by atomic mass is 16.2. The molecule has 1 aliphatic heterocycles. The Hall–Kier alpha value is -3.26. The zero-order valence-electron chi connectivity index (χ0n) is 15.1. The Morgan fingerprint density at radius 2 is 1.78 bits per heavy atom. The maximum absolute atomic E-state index is 12.4. The summed E-state index contributed by atoms with van der Waals surface area (Å²) in [7, 11) is 2.12. The Bertz CT molecular complexity index is 899.